The molecule has 0 fully saturated rings. The van der Waals surface area contributed by atoms with Crippen LogP contribution in [-0.2, 0) is 10.0 Å². The van der Waals surface area contributed by atoms with Gasteiger partial charge in [-0.3, -0.25) is 14.2 Å². The third kappa shape index (κ3) is 3.21. The largest absolute Gasteiger partial charge is 0.461 e. The fourth-order valence-corrected chi connectivity index (χ4v) is 5.04. The molecule has 9 heteroatoms. The van der Waals surface area contributed by atoms with Crippen LogP contribution in [0.3, 0.4) is 0 Å². The van der Waals surface area contributed by atoms with Crippen LogP contribution in [0.1, 0.15) is 47.6 Å². The normalized spacial score (nSPS) is 12.0. The van der Waals surface area contributed by atoms with Crippen LogP contribution in [0.2, 0.25) is 0 Å². The predicted octanol–water partition coefficient (Wildman–Crippen LogP) is 4.45. The van der Waals surface area contributed by atoms with Crippen LogP contribution in [0.4, 0.5) is 5.69 Å². The first-order chi connectivity index (χ1) is 14.2. The molecule has 0 bridgehead atoms. The lowest BCUT2D eigenvalue weighted by Gasteiger charge is -2.10. The Hall–Kier alpha value is -3.33. The zero-order chi connectivity index (χ0) is 21.6. The summed E-state index contributed by atoms with van der Waals surface area (Å²) in [5, 5.41) is 4.83. The minimum Gasteiger partial charge on any atom is -0.461 e. The van der Waals surface area contributed by atoms with Crippen LogP contribution in [0.25, 0.3) is 11.0 Å². The maximum absolute atomic E-state index is 13.3. The first kappa shape index (κ1) is 20.0. The smallest absolute Gasteiger partial charge is 0.265 e. The number of carbonyl (C=O) groups is 1. The monoisotopic (exact) mass is 427 g/mol. The van der Waals surface area contributed by atoms with Crippen molar-refractivity contribution in [2.75, 3.05) is 4.72 Å². The highest BCUT2D eigenvalue weighted by Crippen LogP contribution is 2.35. The molecule has 156 valence electrons. The number of aryl methyl sites for hydroxylation is 1. The van der Waals surface area contributed by atoms with Crippen molar-refractivity contribution in [3.63, 3.8) is 0 Å². The van der Waals surface area contributed by atoms with Gasteiger partial charge in [-0.25, -0.2) is 8.42 Å². The predicted molar refractivity (Wildman–Crippen MR) is 111 cm³/mol. The molecule has 0 atom stereocenters. The number of nitrogens with one attached hydrogen (secondary N) is 1. The van der Waals surface area contributed by atoms with Crippen molar-refractivity contribution >= 4 is 32.5 Å². The van der Waals surface area contributed by atoms with E-state index in [1.807, 2.05) is 13.8 Å². The number of para-hydroxylation sites is 1. The Morgan fingerprint density at radius 1 is 1.13 bits per heavy atom. The lowest BCUT2D eigenvalue weighted by Crippen LogP contribution is -2.17. The minimum absolute atomic E-state index is 0.00139. The van der Waals surface area contributed by atoms with Gasteiger partial charge in [0.25, 0.3) is 15.8 Å². The Morgan fingerprint density at radius 3 is 2.50 bits per heavy atom. The molecule has 0 amide bonds. The van der Waals surface area contributed by atoms with Crippen molar-refractivity contribution < 1.29 is 22.0 Å². The number of rotatable bonds is 6. The molecule has 8 nitrogen and oxygen atoms in total. The molecule has 0 spiro atoms. The molecule has 3 heterocycles. The number of fused-ring (bicyclic) bond motifs is 1. The molecule has 0 radical (unpaired) electrons. The second-order valence-corrected chi connectivity index (χ2v) is 8.87. The van der Waals surface area contributed by atoms with Gasteiger partial charge in [0.1, 0.15) is 16.2 Å². The van der Waals surface area contributed by atoms with Gasteiger partial charge in [0.15, 0.2) is 5.76 Å². The zero-order valence-electron chi connectivity index (χ0n) is 17.0. The molecule has 0 saturated heterocycles. The molecule has 1 aromatic carbocycles. The molecule has 0 unspecified atom stereocenters. The second kappa shape index (κ2) is 7.17. The van der Waals surface area contributed by atoms with E-state index in [2.05, 4.69) is 9.82 Å². The number of furan rings is 2. The van der Waals surface area contributed by atoms with E-state index in [9.17, 15) is 13.2 Å². The SMILES string of the molecule is Cc1nn(C(C)C)c(C)c1S(=O)(=O)Nc1c(C(=O)c2ccco2)oc2ccccc12. The van der Waals surface area contributed by atoms with Crippen LogP contribution in [0, 0.1) is 13.8 Å². The number of aromatic nitrogens is 2. The van der Waals surface area contributed by atoms with Gasteiger partial charge in [-0.1, -0.05) is 12.1 Å². The summed E-state index contributed by atoms with van der Waals surface area (Å²) < 4.78 is 41.8. The van der Waals surface area contributed by atoms with E-state index >= 15 is 0 Å². The van der Waals surface area contributed by atoms with Crippen molar-refractivity contribution in [2.45, 2.75) is 38.6 Å². The highest BCUT2D eigenvalue weighted by Gasteiger charge is 2.30. The summed E-state index contributed by atoms with van der Waals surface area (Å²) in [6.45, 7) is 7.19. The van der Waals surface area contributed by atoms with E-state index in [1.54, 1.807) is 48.9 Å². The van der Waals surface area contributed by atoms with E-state index < -0.39 is 15.8 Å². The highest BCUT2D eigenvalue weighted by molar-refractivity contribution is 7.92. The second-order valence-electron chi connectivity index (χ2n) is 7.25. The number of hydrogen-bond acceptors (Lipinski definition) is 6. The van der Waals surface area contributed by atoms with Gasteiger partial charge in [0, 0.05) is 11.4 Å². The Bertz CT molecular complexity index is 1340. The molecule has 4 aromatic rings. The number of benzene rings is 1. The standard InChI is InChI=1S/C21H21N3O5S/c1-12(2)24-14(4)21(13(3)22-24)30(26,27)23-18-15-8-5-6-9-16(15)29-20(18)19(25)17-10-7-11-28-17/h5-12,23H,1-4H3. The maximum Gasteiger partial charge on any atom is 0.265 e. The van der Waals surface area contributed by atoms with Crippen LogP contribution in [0.15, 0.2) is 56.4 Å². The number of hydrogen-bond donors (Lipinski definition) is 1. The van der Waals surface area contributed by atoms with Gasteiger partial charge in [-0.15, -0.1) is 0 Å². The summed E-state index contributed by atoms with van der Waals surface area (Å²) >= 11 is 0. The van der Waals surface area contributed by atoms with Gasteiger partial charge < -0.3 is 8.83 Å². The Labute approximate surface area is 173 Å². The van der Waals surface area contributed by atoms with Crippen LogP contribution < -0.4 is 4.72 Å². The fraction of sp³-hybridized carbons (Fsp3) is 0.238. The average Bonchev–Trinajstić information content (AvgIpc) is 3.40. The quantitative estimate of drug-likeness (QED) is 0.456. The van der Waals surface area contributed by atoms with Gasteiger partial charge >= 0.3 is 0 Å². The van der Waals surface area contributed by atoms with E-state index in [0.717, 1.165) is 0 Å². The third-order valence-electron chi connectivity index (χ3n) is 4.80. The summed E-state index contributed by atoms with van der Waals surface area (Å²) in [6, 6.07) is 9.91. The van der Waals surface area contributed by atoms with Crippen molar-refractivity contribution in [2.24, 2.45) is 0 Å². The lowest BCUT2D eigenvalue weighted by atomic mass is 10.2. The number of sulfonamides is 1. The van der Waals surface area contributed by atoms with E-state index in [1.165, 1.54) is 12.3 Å². The first-order valence-corrected chi connectivity index (χ1v) is 10.9. The van der Waals surface area contributed by atoms with Gasteiger partial charge in [0.05, 0.1) is 17.7 Å². The zero-order valence-corrected chi connectivity index (χ0v) is 17.8. The van der Waals surface area contributed by atoms with Crippen molar-refractivity contribution in [3.8, 4) is 0 Å². The average molecular weight is 427 g/mol. The van der Waals surface area contributed by atoms with E-state index in [0.29, 0.717) is 22.4 Å². The third-order valence-corrected chi connectivity index (χ3v) is 6.40. The van der Waals surface area contributed by atoms with E-state index in [-0.39, 0.29) is 28.1 Å². The molecule has 3 aromatic heterocycles. The molecule has 0 aliphatic rings. The topological polar surface area (TPSA) is 107 Å². The fourth-order valence-electron chi connectivity index (χ4n) is 3.55. The van der Waals surface area contributed by atoms with Crippen LogP contribution >= 0.6 is 0 Å². The Balaban J connectivity index is 1.86. The van der Waals surface area contributed by atoms with Gasteiger partial charge in [0.2, 0.25) is 5.76 Å². The summed E-state index contributed by atoms with van der Waals surface area (Å²) in [4.78, 5) is 13.0. The first-order valence-electron chi connectivity index (χ1n) is 9.39. The van der Waals surface area contributed by atoms with Crippen molar-refractivity contribution in [1.29, 1.82) is 0 Å². The number of anilines is 1. The summed E-state index contributed by atoms with van der Waals surface area (Å²) in [7, 11) is -4.05. The minimum atomic E-state index is -4.05. The Morgan fingerprint density at radius 2 is 1.87 bits per heavy atom. The lowest BCUT2D eigenvalue weighted by molar-refractivity contribution is 0.0986. The highest BCUT2D eigenvalue weighted by atomic mass is 32.2. The molecule has 30 heavy (non-hydrogen) atoms. The number of carbonyl (C=O) groups excluding carboxylic acids is 1. The molecular formula is C21H21N3O5S. The number of nitrogens with zero attached hydrogens (tertiary/aromatic N) is 2. The Kier molecular flexibility index (Phi) is 4.77. The van der Waals surface area contributed by atoms with Crippen molar-refractivity contribution in [3.05, 3.63) is 65.6 Å². The van der Waals surface area contributed by atoms with E-state index in [4.69, 9.17) is 8.83 Å². The molecule has 0 aliphatic heterocycles. The number of ketones is 1. The molecular weight excluding hydrogens is 406 g/mol. The molecule has 0 saturated carbocycles. The van der Waals surface area contributed by atoms with Crippen molar-refractivity contribution in [1.82, 2.24) is 9.78 Å². The molecule has 0 aliphatic carbocycles. The summed E-state index contributed by atoms with van der Waals surface area (Å²) in [5.41, 5.74) is 1.35. The molecule has 4 rings (SSSR count). The summed E-state index contributed by atoms with van der Waals surface area (Å²) in [5.74, 6) is -0.643. The van der Waals surface area contributed by atoms with Gasteiger partial charge in [-0.2, -0.15) is 5.10 Å². The maximum atomic E-state index is 13.3. The molecule has 1 N–H and O–H groups in total. The van der Waals surface area contributed by atoms with Gasteiger partial charge in [-0.05, 0) is 52.0 Å². The summed E-state index contributed by atoms with van der Waals surface area (Å²) in [6.07, 6.45) is 1.37. The van der Waals surface area contributed by atoms with Crippen LogP contribution in [0.5, 0.6) is 0 Å². The van der Waals surface area contributed by atoms with Crippen LogP contribution in [-0.4, -0.2) is 24.0 Å².